The molecule has 0 unspecified atom stereocenters. The Morgan fingerprint density at radius 2 is 1.75 bits per heavy atom. The van der Waals surface area contributed by atoms with Gasteiger partial charge in [0.15, 0.2) is 0 Å². The molecule has 1 heterocycles. The van der Waals surface area contributed by atoms with Gasteiger partial charge < -0.3 is 14.6 Å². The van der Waals surface area contributed by atoms with E-state index < -0.39 is 5.97 Å². The Labute approximate surface area is 139 Å². The van der Waals surface area contributed by atoms with Crippen LogP contribution in [0.25, 0.3) is 11.0 Å². The van der Waals surface area contributed by atoms with E-state index in [1.165, 1.54) is 7.11 Å². The molecule has 3 rings (SSSR count). The molecular formula is C18H17N3O3. The second-order valence-corrected chi connectivity index (χ2v) is 5.43. The van der Waals surface area contributed by atoms with Crippen LogP contribution >= 0.6 is 0 Å². The summed E-state index contributed by atoms with van der Waals surface area (Å²) in [7, 11) is 3.03. The molecule has 0 saturated carbocycles. The van der Waals surface area contributed by atoms with Crippen molar-refractivity contribution in [1.82, 2.24) is 14.9 Å². The number of rotatable bonds is 4. The summed E-state index contributed by atoms with van der Waals surface area (Å²) in [4.78, 5) is 33.1. The van der Waals surface area contributed by atoms with Gasteiger partial charge in [-0.2, -0.15) is 0 Å². The van der Waals surface area contributed by atoms with Gasteiger partial charge in [-0.3, -0.25) is 4.79 Å². The lowest BCUT2D eigenvalue weighted by Gasteiger charge is -2.15. The molecule has 0 fully saturated rings. The lowest BCUT2D eigenvalue weighted by atomic mass is 10.1. The topological polar surface area (TPSA) is 75.3 Å². The number of carbonyl (C=O) groups is 2. The van der Waals surface area contributed by atoms with Crippen LogP contribution in [0, 0.1) is 0 Å². The maximum Gasteiger partial charge on any atom is 0.337 e. The first kappa shape index (κ1) is 15.7. The Hall–Kier alpha value is -3.15. The van der Waals surface area contributed by atoms with E-state index in [-0.39, 0.29) is 5.91 Å². The molecule has 2 aromatic carbocycles. The first-order valence-corrected chi connectivity index (χ1v) is 7.46. The largest absolute Gasteiger partial charge is 0.465 e. The first-order chi connectivity index (χ1) is 11.6. The van der Waals surface area contributed by atoms with Gasteiger partial charge in [-0.25, -0.2) is 9.78 Å². The lowest BCUT2D eigenvalue weighted by Crippen LogP contribution is -2.26. The molecule has 0 atom stereocenters. The van der Waals surface area contributed by atoms with Crippen molar-refractivity contribution in [3.8, 4) is 0 Å². The number of benzene rings is 2. The lowest BCUT2D eigenvalue weighted by molar-refractivity contribution is 0.0600. The van der Waals surface area contributed by atoms with E-state index in [4.69, 9.17) is 0 Å². The quantitative estimate of drug-likeness (QED) is 0.749. The molecular weight excluding hydrogens is 306 g/mol. The number of aromatic amines is 1. The van der Waals surface area contributed by atoms with Gasteiger partial charge >= 0.3 is 5.97 Å². The van der Waals surface area contributed by atoms with E-state index in [0.29, 0.717) is 17.7 Å². The van der Waals surface area contributed by atoms with Crippen LogP contribution in [0.5, 0.6) is 0 Å². The van der Waals surface area contributed by atoms with Gasteiger partial charge in [0, 0.05) is 12.6 Å². The minimum Gasteiger partial charge on any atom is -0.465 e. The average molecular weight is 323 g/mol. The van der Waals surface area contributed by atoms with Gasteiger partial charge in [-0.05, 0) is 36.4 Å². The number of methoxy groups -OCH3 is 1. The molecule has 24 heavy (non-hydrogen) atoms. The van der Waals surface area contributed by atoms with E-state index >= 15 is 0 Å². The fourth-order valence-corrected chi connectivity index (χ4v) is 2.46. The van der Waals surface area contributed by atoms with Crippen LogP contribution in [0.2, 0.25) is 0 Å². The van der Waals surface area contributed by atoms with Gasteiger partial charge in [0.1, 0.15) is 5.82 Å². The molecule has 3 aromatic rings. The standard InChI is InChI=1S/C18H17N3O3/c1-21(11-16-19-14-5-3-4-6-15(14)20-16)17(22)12-7-9-13(10-8-12)18(23)24-2/h3-10H,11H2,1-2H3,(H,19,20). The number of hydrogen-bond acceptors (Lipinski definition) is 4. The van der Waals surface area contributed by atoms with Gasteiger partial charge in [0.25, 0.3) is 5.91 Å². The van der Waals surface area contributed by atoms with Gasteiger partial charge in [0.05, 0.1) is 30.3 Å². The van der Waals surface area contributed by atoms with Crippen molar-refractivity contribution < 1.29 is 14.3 Å². The fraction of sp³-hybridized carbons (Fsp3) is 0.167. The number of esters is 1. The smallest absolute Gasteiger partial charge is 0.337 e. The van der Waals surface area contributed by atoms with Crippen LogP contribution in [0.1, 0.15) is 26.5 Å². The average Bonchev–Trinajstić information content (AvgIpc) is 3.02. The highest BCUT2D eigenvalue weighted by Gasteiger charge is 2.15. The Kier molecular flexibility index (Phi) is 4.29. The number of H-pyrrole nitrogens is 1. The summed E-state index contributed by atoms with van der Waals surface area (Å²) >= 11 is 0. The molecule has 0 spiro atoms. The van der Waals surface area contributed by atoms with Crippen LogP contribution < -0.4 is 0 Å². The van der Waals surface area contributed by atoms with Crippen LogP contribution in [0.15, 0.2) is 48.5 Å². The maximum atomic E-state index is 12.5. The zero-order chi connectivity index (χ0) is 17.1. The molecule has 0 bridgehead atoms. The molecule has 0 aliphatic heterocycles. The minimum absolute atomic E-state index is 0.146. The van der Waals surface area contributed by atoms with Gasteiger partial charge in [-0.15, -0.1) is 0 Å². The van der Waals surface area contributed by atoms with Gasteiger partial charge in [-0.1, -0.05) is 12.1 Å². The van der Waals surface area contributed by atoms with E-state index in [0.717, 1.165) is 16.9 Å². The molecule has 122 valence electrons. The summed E-state index contributed by atoms with van der Waals surface area (Å²) < 4.78 is 4.65. The van der Waals surface area contributed by atoms with Crippen LogP contribution in [-0.2, 0) is 11.3 Å². The van der Waals surface area contributed by atoms with Crippen LogP contribution in [0.4, 0.5) is 0 Å². The summed E-state index contributed by atoms with van der Waals surface area (Å²) in [5.74, 6) is 0.148. The van der Waals surface area contributed by atoms with Crippen molar-refractivity contribution in [3.05, 3.63) is 65.5 Å². The minimum atomic E-state index is -0.426. The first-order valence-electron chi connectivity index (χ1n) is 7.46. The molecule has 1 aromatic heterocycles. The van der Waals surface area contributed by atoms with E-state index in [2.05, 4.69) is 14.7 Å². The number of carbonyl (C=O) groups excluding carboxylic acids is 2. The summed E-state index contributed by atoms with van der Waals surface area (Å²) in [6.07, 6.45) is 0. The molecule has 0 saturated heterocycles. The third-order valence-electron chi connectivity index (χ3n) is 3.73. The summed E-state index contributed by atoms with van der Waals surface area (Å²) in [6.45, 7) is 0.367. The number of nitrogens with one attached hydrogen (secondary N) is 1. The van der Waals surface area contributed by atoms with Gasteiger partial charge in [0.2, 0.25) is 0 Å². The monoisotopic (exact) mass is 323 g/mol. The Bertz CT molecular complexity index is 851. The second-order valence-electron chi connectivity index (χ2n) is 5.43. The highest BCUT2D eigenvalue weighted by atomic mass is 16.5. The van der Waals surface area contributed by atoms with Crippen molar-refractivity contribution in [2.24, 2.45) is 0 Å². The van der Waals surface area contributed by atoms with Crippen molar-refractivity contribution in [2.75, 3.05) is 14.2 Å². The normalized spacial score (nSPS) is 10.6. The summed E-state index contributed by atoms with van der Waals surface area (Å²) in [6, 6.07) is 14.1. The van der Waals surface area contributed by atoms with Crippen LogP contribution in [-0.4, -0.2) is 40.9 Å². The molecule has 0 aliphatic rings. The van der Waals surface area contributed by atoms with Crippen molar-refractivity contribution >= 4 is 22.9 Å². The van der Waals surface area contributed by atoms with E-state index in [1.54, 1.807) is 36.2 Å². The number of amides is 1. The molecule has 0 aliphatic carbocycles. The third kappa shape index (κ3) is 3.12. The summed E-state index contributed by atoms with van der Waals surface area (Å²) in [5, 5.41) is 0. The van der Waals surface area contributed by atoms with Crippen LogP contribution in [0.3, 0.4) is 0 Å². The summed E-state index contributed by atoms with van der Waals surface area (Å²) in [5.41, 5.74) is 2.72. The van der Waals surface area contributed by atoms with E-state index in [9.17, 15) is 9.59 Å². The highest BCUT2D eigenvalue weighted by Crippen LogP contribution is 2.13. The molecule has 1 amide bonds. The predicted octanol–water partition coefficient (Wildman–Crippen LogP) is 2.62. The molecule has 6 heteroatoms. The number of aromatic nitrogens is 2. The van der Waals surface area contributed by atoms with Crippen molar-refractivity contribution in [3.63, 3.8) is 0 Å². The van der Waals surface area contributed by atoms with Crippen molar-refractivity contribution in [2.45, 2.75) is 6.54 Å². The van der Waals surface area contributed by atoms with Crippen molar-refractivity contribution in [1.29, 1.82) is 0 Å². The molecule has 6 nitrogen and oxygen atoms in total. The molecule has 0 radical (unpaired) electrons. The number of para-hydroxylation sites is 2. The highest BCUT2D eigenvalue weighted by molar-refractivity contribution is 5.96. The SMILES string of the molecule is COC(=O)c1ccc(C(=O)N(C)Cc2nc3ccccc3[nH]2)cc1. The third-order valence-corrected chi connectivity index (χ3v) is 3.73. The van der Waals surface area contributed by atoms with E-state index in [1.807, 2.05) is 24.3 Å². The Morgan fingerprint density at radius 1 is 1.08 bits per heavy atom. The zero-order valence-electron chi connectivity index (χ0n) is 13.4. The zero-order valence-corrected chi connectivity index (χ0v) is 13.4. The molecule has 1 N–H and O–H groups in total. The number of fused-ring (bicyclic) bond motifs is 1. The Balaban J connectivity index is 1.73. The second kappa shape index (κ2) is 6.54. The number of nitrogens with zero attached hydrogens (tertiary/aromatic N) is 2. The fourth-order valence-electron chi connectivity index (χ4n) is 2.46. The number of imidazole rings is 1. The number of hydrogen-bond donors (Lipinski definition) is 1. The predicted molar refractivity (Wildman–Crippen MR) is 89.7 cm³/mol. The Morgan fingerprint density at radius 3 is 2.42 bits per heavy atom. The number of ether oxygens (including phenoxy) is 1. The maximum absolute atomic E-state index is 12.5.